The number of primary amides is 1. The molecule has 1 aromatic heterocycles. The first-order chi connectivity index (χ1) is 35.3. The van der Waals surface area contributed by atoms with E-state index >= 15 is 0 Å². The topological polar surface area (TPSA) is 296 Å². The Hall–Kier alpha value is -7.43. The molecule has 74 heavy (non-hydrogen) atoms. The number of H-pyrrole nitrogens is 1. The minimum Gasteiger partial charge on any atom is -0.481 e. The number of benzene rings is 3. The van der Waals surface area contributed by atoms with E-state index in [0.29, 0.717) is 54.2 Å². The molecule has 4 aromatic rings. The van der Waals surface area contributed by atoms with Crippen molar-refractivity contribution in [1.29, 1.82) is 0 Å². The number of para-hydroxylation sites is 1. The quantitative estimate of drug-likeness (QED) is 0.0225. The van der Waals surface area contributed by atoms with Crippen molar-refractivity contribution in [3.05, 3.63) is 113 Å². The van der Waals surface area contributed by atoms with E-state index in [-0.39, 0.29) is 49.2 Å². The number of likely N-dealkylation sites (N-methyl/N-ethyl adjacent to an activating group) is 1. The van der Waals surface area contributed by atoms with Crippen LogP contribution in [0, 0.1) is 0 Å². The van der Waals surface area contributed by atoms with Crippen LogP contribution in [0.15, 0.2) is 101 Å². The van der Waals surface area contributed by atoms with Gasteiger partial charge in [0.1, 0.15) is 30.0 Å². The van der Waals surface area contributed by atoms with Crippen molar-refractivity contribution in [3.63, 3.8) is 0 Å². The number of anilines is 2. The molecule has 0 radical (unpaired) electrons. The van der Waals surface area contributed by atoms with Gasteiger partial charge in [-0.1, -0.05) is 30.7 Å². The summed E-state index contributed by atoms with van der Waals surface area (Å²) in [5.74, 6) is -2.87. The Morgan fingerprint density at radius 1 is 0.811 bits per heavy atom. The van der Waals surface area contributed by atoms with Crippen LogP contribution in [0.5, 0.6) is 11.5 Å². The molecule has 20 nitrogen and oxygen atoms in total. The van der Waals surface area contributed by atoms with Crippen LogP contribution in [0.1, 0.15) is 68.1 Å². The first-order valence-corrected chi connectivity index (χ1v) is 24.7. The number of hydrogen-bond donors (Lipinski definition) is 11. The number of aromatic amines is 1. The molecule has 394 valence electrons. The summed E-state index contributed by atoms with van der Waals surface area (Å²) in [6.07, 6.45) is 4.98. The molecule has 0 spiro atoms. The van der Waals surface area contributed by atoms with E-state index in [9.17, 15) is 44.4 Å². The third-order valence-corrected chi connectivity index (χ3v) is 12.9. The average molecular weight is 1040 g/mol. The van der Waals surface area contributed by atoms with Crippen molar-refractivity contribution in [2.45, 2.75) is 88.4 Å². The number of rotatable bonds is 25. The second-order valence-electron chi connectivity index (χ2n) is 18.5. The van der Waals surface area contributed by atoms with Gasteiger partial charge in [0.25, 0.3) is 0 Å². The number of amides is 3. The number of nitrogens with zero attached hydrogens (tertiary/aromatic N) is 3. The van der Waals surface area contributed by atoms with Gasteiger partial charge in [0.2, 0.25) is 17.7 Å². The fraction of sp³-hybridized carbons (Fsp3) is 0.377. The number of ether oxygens (including phenoxy) is 1. The van der Waals surface area contributed by atoms with Crippen LogP contribution >= 0.6 is 12.2 Å². The number of nitrogens with two attached hydrogens (primary N) is 1. The lowest BCUT2D eigenvalue weighted by atomic mass is 9.84. The van der Waals surface area contributed by atoms with Crippen molar-refractivity contribution in [1.82, 2.24) is 31.6 Å². The maximum Gasteiger partial charge on any atom is 0.336 e. The summed E-state index contributed by atoms with van der Waals surface area (Å²) in [4.78, 5) is 75.0. The number of allylic oxidation sites excluding steroid dienone is 3. The van der Waals surface area contributed by atoms with Gasteiger partial charge in [0, 0.05) is 117 Å². The van der Waals surface area contributed by atoms with E-state index in [1.165, 1.54) is 13.1 Å². The Labute approximate surface area is 434 Å². The maximum absolute atomic E-state index is 14.0. The Kier molecular flexibility index (Phi) is 19.6. The van der Waals surface area contributed by atoms with Gasteiger partial charge < -0.3 is 61.6 Å². The number of carboxylic acids is 2. The number of aliphatic imine (C=N–C) groups is 1. The SMILES string of the molecule is CN[C@@H](O)[C@H](CCC(=O)O)N[C@H](O)[C@H](Cc1c[nH]c2ccccc12)NC(=O)[C@H](CCC(N)=O)NC(=O)CCCCCNC(=S)/N=C1/C=CC(=C2c3ccc(N(C)C)cc3Oc3cc(N(C)C)ccc32)C(C(=O)O)=C1. The number of aliphatic hydroxyl groups excluding tert-OH is 2. The third kappa shape index (κ3) is 14.8. The average Bonchev–Trinajstić information content (AvgIpc) is 3.78. The molecule has 12 N–H and O–H groups in total. The highest BCUT2D eigenvalue weighted by atomic mass is 32.1. The summed E-state index contributed by atoms with van der Waals surface area (Å²) in [7, 11) is 9.21. The monoisotopic (exact) mass is 1030 g/mol. The molecule has 0 unspecified atom stereocenters. The fourth-order valence-electron chi connectivity index (χ4n) is 8.68. The lowest BCUT2D eigenvalue weighted by molar-refractivity contribution is -0.137. The Bertz CT molecular complexity index is 2800. The smallest absolute Gasteiger partial charge is 0.336 e. The normalized spacial score (nSPS) is 15.4. The zero-order valence-electron chi connectivity index (χ0n) is 42.1. The Morgan fingerprint density at radius 2 is 1.49 bits per heavy atom. The summed E-state index contributed by atoms with van der Waals surface area (Å²) in [6, 6.07) is 15.9. The number of aromatic nitrogens is 1. The number of nitrogens with one attached hydrogen (secondary N) is 6. The predicted octanol–water partition coefficient (Wildman–Crippen LogP) is 3.82. The number of thiocarbonyl (C=S) groups is 1. The summed E-state index contributed by atoms with van der Waals surface area (Å²) in [5, 5.41) is 57.1. The van der Waals surface area contributed by atoms with E-state index in [1.807, 2.05) is 98.7 Å². The van der Waals surface area contributed by atoms with Gasteiger partial charge in [-0.3, -0.25) is 29.8 Å². The maximum atomic E-state index is 14.0. The number of hydrogen-bond acceptors (Lipinski definition) is 13. The number of unbranched alkanes of at least 4 members (excludes halogenated alkanes) is 2. The van der Waals surface area contributed by atoms with Crippen molar-refractivity contribution >= 4 is 80.6 Å². The number of carboxylic acid groups (broad SMARTS) is 2. The number of carbonyl (C=O) groups excluding carboxylic acids is 3. The number of carbonyl (C=O) groups is 5. The van der Waals surface area contributed by atoms with Crippen molar-refractivity contribution < 1.29 is 49.1 Å². The molecule has 0 bridgehead atoms. The molecular formula is C53H66N10O10S. The lowest BCUT2D eigenvalue weighted by Crippen LogP contribution is -2.60. The van der Waals surface area contributed by atoms with Gasteiger partial charge in [0.05, 0.1) is 17.3 Å². The molecule has 2 heterocycles. The fourth-order valence-corrected chi connectivity index (χ4v) is 8.89. The molecule has 5 atom stereocenters. The van der Waals surface area contributed by atoms with Crippen LogP contribution in [0.4, 0.5) is 11.4 Å². The second kappa shape index (κ2) is 26.0. The molecular weight excluding hydrogens is 969 g/mol. The van der Waals surface area contributed by atoms with E-state index in [1.54, 1.807) is 18.3 Å². The number of aliphatic hydroxyl groups is 2. The van der Waals surface area contributed by atoms with Crippen LogP contribution in [0.25, 0.3) is 16.5 Å². The molecule has 1 aliphatic carbocycles. The van der Waals surface area contributed by atoms with Crippen LogP contribution in [0.3, 0.4) is 0 Å². The van der Waals surface area contributed by atoms with Crippen LogP contribution in [0.2, 0.25) is 0 Å². The predicted molar refractivity (Wildman–Crippen MR) is 288 cm³/mol. The second-order valence-corrected chi connectivity index (χ2v) is 18.9. The summed E-state index contributed by atoms with van der Waals surface area (Å²) in [5.41, 5.74) is 11.9. The Morgan fingerprint density at radius 3 is 2.11 bits per heavy atom. The van der Waals surface area contributed by atoms with Crippen molar-refractivity contribution in [2.24, 2.45) is 10.7 Å². The highest BCUT2D eigenvalue weighted by molar-refractivity contribution is 7.80. The van der Waals surface area contributed by atoms with E-state index in [4.69, 9.17) is 22.7 Å². The van der Waals surface area contributed by atoms with Gasteiger partial charge >= 0.3 is 11.9 Å². The molecule has 0 saturated heterocycles. The van der Waals surface area contributed by atoms with Gasteiger partial charge in [-0.15, -0.1) is 0 Å². The highest BCUT2D eigenvalue weighted by Gasteiger charge is 2.32. The first-order valence-electron chi connectivity index (χ1n) is 24.3. The molecule has 6 rings (SSSR count). The molecule has 3 amide bonds. The minimum atomic E-state index is -1.51. The van der Waals surface area contributed by atoms with Gasteiger partial charge in [0.15, 0.2) is 5.11 Å². The van der Waals surface area contributed by atoms with E-state index in [2.05, 4.69) is 36.6 Å². The molecule has 1 aliphatic heterocycles. The standard InChI is InChI=1S/C53H66N10O10S/c1-55-49(68)40(21-23-47(66)67)60-51(70)42(25-30-29-57-39-12-9-8-11-34(30)39)61-50(69)41(20-22-45(54)64)59-46(65)13-7-6-10-24-56-53(74)58-31-14-17-35(38(26-31)52(71)72)48-36-18-15-32(62(2)3)27-43(36)73-44-28-33(63(4)5)16-19-37(44)48/h8-9,11-12,14-19,26-29,40-42,49,51,55,57,60,68,70H,6-7,10,13,20-25H2,1-5H3,(H2,54,64)(H,56,74)(H,59,65)(H,61,69)(H,66,67)(H,71,72)/b58-31-/t40-,41-,42-,49-,51+/m0/s1. The number of fused-ring (bicyclic) bond motifs is 3. The van der Waals surface area contributed by atoms with E-state index in [0.717, 1.165) is 39.0 Å². The molecule has 21 heteroatoms. The van der Waals surface area contributed by atoms with Gasteiger partial charge in [-0.05, 0) is 105 Å². The van der Waals surface area contributed by atoms with Crippen LogP contribution in [-0.2, 0) is 30.4 Å². The number of aliphatic carboxylic acids is 2. The summed E-state index contributed by atoms with van der Waals surface area (Å²) < 4.78 is 6.43. The first kappa shape index (κ1) is 55.9. The van der Waals surface area contributed by atoms with Crippen LogP contribution in [-0.4, -0.2) is 138 Å². The summed E-state index contributed by atoms with van der Waals surface area (Å²) in [6.45, 7) is 0.406. The summed E-state index contributed by atoms with van der Waals surface area (Å²) >= 11 is 5.52. The largest absolute Gasteiger partial charge is 0.481 e. The molecule has 0 fully saturated rings. The van der Waals surface area contributed by atoms with Crippen molar-refractivity contribution in [2.75, 3.05) is 51.6 Å². The molecule has 0 saturated carbocycles. The molecule has 2 aliphatic rings. The zero-order chi connectivity index (χ0) is 53.6. The zero-order valence-corrected chi connectivity index (χ0v) is 42.9. The van der Waals surface area contributed by atoms with Gasteiger partial charge in [-0.25, -0.2) is 9.79 Å². The van der Waals surface area contributed by atoms with Crippen molar-refractivity contribution in [3.8, 4) is 11.5 Å². The minimum absolute atomic E-state index is 0.0349. The molecule has 3 aromatic carbocycles. The highest BCUT2D eigenvalue weighted by Crippen LogP contribution is 2.48. The third-order valence-electron chi connectivity index (χ3n) is 12.7. The van der Waals surface area contributed by atoms with Gasteiger partial charge in [-0.2, -0.15) is 0 Å². The van der Waals surface area contributed by atoms with E-state index < -0.39 is 60.2 Å². The van der Waals surface area contributed by atoms with Crippen LogP contribution < -0.4 is 46.9 Å². The lowest BCUT2D eigenvalue weighted by Gasteiger charge is -2.32. The Balaban J connectivity index is 1.06.